The van der Waals surface area contributed by atoms with Gasteiger partial charge in [0.25, 0.3) is 0 Å². The summed E-state index contributed by atoms with van der Waals surface area (Å²) in [6.45, 7) is 4.84. The van der Waals surface area contributed by atoms with Crippen LogP contribution in [0.4, 0.5) is 0 Å². The summed E-state index contributed by atoms with van der Waals surface area (Å²) >= 11 is 1.90. The Morgan fingerprint density at radius 2 is 1.81 bits per heavy atom. The molecule has 0 bridgehead atoms. The van der Waals surface area contributed by atoms with Gasteiger partial charge in [-0.3, -0.25) is 9.89 Å². The molecule has 0 saturated carbocycles. The van der Waals surface area contributed by atoms with Gasteiger partial charge in [-0.2, -0.15) is 11.8 Å². The lowest BCUT2D eigenvalue weighted by Gasteiger charge is -2.29. The molecule has 0 fully saturated rings. The molecule has 2 N–H and O–H groups in total. The van der Waals surface area contributed by atoms with E-state index in [9.17, 15) is 0 Å². The Balaban J connectivity index is 1.76. The van der Waals surface area contributed by atoms with E-state index in [0.717, 1.165) is 56.6 Å². The van der Waals surface area contributed by atoms with E-state index in [-0.39, 0.29) is 0 Å². The van der Waals surface area contributed by atoms with Crippen LogP contribution in [0.2, 0.25) is 0 Å². The lowest BCUT2D eigenvalue weighted by Crippen LogP contribution is -2.42. The average molecular weight is 395 g/mol. The highest BCUT2D eigenvalue weighted by Crippen LogP contribution is 2.33. The highest BCUT2D eigenvalue weighted by atomic mass is 32.2. The molecule has 7 heteroatoms. The molecular weight excluding hydrogens is 360 g/mol. The van der Waals surface area contributed by atoms with Crippen LogP contribution in [0.15, 0.2) is 17.1 Å². The van der Waals surface area contributed by atoms with Crippen molar-refractivity contribution in [2.75, 3.05) is 59.5 Å². The van der Waals surface area contributed by atoms with Gasteiger partial charge in [0.15, 0.2) is 17.5 Å². The summed E-state index contributed by atoms with van der Waals surface area (Å²) in [4.78, 5) is 6.77. The maximum Gasteiger partial charge on any atom is 0.191 e. The Morgan fingerprint density at radius 1 is 1.11 bits per heavy atom. The summed E-state index contributed by atoms with van der Waals surface area (Å²) in [6, 6.07) is 4.23. The van der Waals surface area contributed by atoms with Crippen LogP contribution in [0.5, 0.6) is 11.5 Å². The van der Waals surface area contributed by atoms with Crippen molar-refractivity contribution in [2.45, 2.75) is 25.8 Å². The number of guanidine groups is 1. The molecule has 0 radical (unpaired) electrons. The predicted octanol–water partition coefficient (Wildman–Crippen LogP) is 2.37. The third-order valence-electron chi connectivity index (χ3n) is 4.81. The Kier molecular flexibility index (Phi) is 9.62. The molecule has 27 heavy (non-hydrogen) atoms. The molecule has 1 aliphatic heterocycles. The van der Waals surface area contributed by atoms with Gasteiger partial charge in [0.1, 0.15) is 0 Å². The fourth-order valence-electron chi connectivity index (χ4n) is 3.26. The highest BCUT2D eigenvalue weighted by molar-refractivity contribution is 7.98. The number of hydrogen-bond donors (Lipinski definition) is 2. The Hall–Kier alpha value is -1.60. The number of benzene rings is 1. The van der Waals surface area contributed by atoms with E-state index in [1.165, 1.54) is 29.7 Å². The van der Waals surface area contributed by atoms with Crippen molar-refractivity contribution >= 4 is 17.7 Å². The van der Waals surface area contributed by atoms with E-state index in [1.54, 1.807) is 14.2 Å². The number of aliphatic imine (C=N–C) groups is 1. The molecule has 0 aromatic heterocycles. The van der Waals surface area contributed by atoms with Crippen LogP contribution in [0.3, 0.4) is 0 Å². The van der Waals surface area contributed by atoms with E-state index in [4.69, 9.17) is 9.47 Å². The summed E-state index contributed by atoms with van der Waals surface area (Å²) in [7, 11) is 5.21. The monoisotopic (exact) mass is 394 g/mol. The van der Waals surface area contributed by atoms with Gasteiger partial charge in [0.2, 0.25) is 0 Å². The second-order valence-corrected chi connectivity index (χ2v) is 7.61. The average Bonchev–Trinajstić information content (AvgIpc) is 2.71. The standard InChI is InChI=1S/C20H34N4O2S/c1-21-20(22-8-5-6-12-27-4)23-9-11-24-10-7-16-13-18(25-2)19(26-3)14-17(16)15-24/h13-14H,5-12,15H2,1-4H3,(H2,21,22,23). The second kappa shape index (κ2) is 12.0. The molecule has 1 heterocycles. The fourth-order valence-corrected chi connectivity index (χ4v) is 3.76. The zero-order valence-corrected chi connectivity index (χ0v) is 18.0. The number of methoxy groups -OCH3 is 2. The van der Waals surface area contributed by atoms with Crippen molar-refractivity contribution in [3.05, 3.63) is 23.3 Å². The molecule has 2 rings (SSSR count). The summed E-state index contributed by atoms with van der Waals surface area (Å²) in [6.07, 6.45) is 5.61. The van der Waals surface area contributed by atoms with Crippen LogP contribution in [0.1, 0.15) is 24.0 Å². The van der Waals surface area contributed by atoms with Gasteiger partial charge in [-0.25, -0.2) is 0 Å². The molecular formula is C20H34N4O2S. The van der Waals surface area contributed by atoms with Crippen molar-refractivity contribution in [1.82, 2.24) is 15.5 Å². The van der Waals surface area contributed by atoms with Crippen LogP contribution in [-0.2, 0) is 13.0 Å². The Morgan fingerprint density at radius 3 is 2.48 bits per heavy atom. The van der Waals surface area contributed by atoms with E-state index < -0.39 is 0 Å². The summed E-state index contributed by atoms with van der Waals surface area (Å²) in [5.41, 5.74) is 2.69. The molecule has 152 valence electrons. The molecule has 0 unspecified atom stereocenters. The first-order valence-electron chi connectivity index (χ1n) is 9.61. The number of rotatable bonds is 10. The lowest BCUT2D eigenvalue weighted by atomic mass is 9.99. The lowest BCUT2D eigenvalue weighted by molar-refractivity contribution is 0.256. The minimum absolute atomic E-state index is 0.808. The van der Waals surface area contributed by atoms with Gasteiger partial charge in [-0.05, 0) is 54.5 Å². The fraction of sp³-hybridized carbons (Fsp3) is 0.650. The normalized spacial score (nSPS) is 14.6. The van der Waals surface area contributed by atoms with Crippen LogP contribution in [-0.4, -0.2) is 70.3 Å². The molecule has 0 spiro atoms. The third-order valence-corrected chi connectivity index (χ3v) is 5.51. The number of fused-ring (bicyclic) bond motifs is 1. The summed E-state index contributed by atoms with van der Waals surface area (Å²) in [5.74, 6) is 3.74. The number of nitrogens with one attached hydrogen (secondary N) is 2. The summed E-state index contributed by atoms with van der Waals surface area (Å²) < 4.78 is 10.9. The van der Waals surface area contributed by atoms with Crippen molar-refractivity contribution in [2.24, 2.45) is 4.99 Å². The van der Waals surface area contributed by atoms with Crippen LogP contribution >= 0.6 is 11.8 Å². The first-order chi connectivity index (χ1) is 13.2. The molecule has 0 saturated heterocycles. The number of thioether (sulfide) groups is 1. The molecule has 0 atom stereocenters. The first kappa shape index (κ1) is 21.7. The zero-order chi connectivity index (χ0) is 19.5. The predicted molar refractivity (Wildman–Crippen MR) is 116 cm³/mol. The number of unbranched alkanes of at least 4 members (excludes halogenated alkanes) is 1. The van der Waals surface area contributed by atoms with Gasteiger partial charge in [0, 0.05) is 39.8 Å². The Labute approximate surface area is 168 Å². The van der Waals surface area contributed by atoms with Gasteiger partial charge in [-0.15, -0.1) is 0 Å². The van der Waals surface area contributed by atoms with Crippen LogP contribution in [0.25, 0.3) is 0 Å². The van der Waals surface area contributed by atoms with Crippen molar-refractivity contribution in [1.29, 1.82) is 0 Å². The molecule has 6 nitrogen and oxygen atoms in total. The van der Waals surface area contributed by atoms with E-state index in [1.807, 2.05) is 18.8 Å². The van der Waals surface area contributed by atoms with Gasteiger partial charge >= 0.3 is 0 Å². The van der Waals surface area contributed by atoms with Crippen molar-refractivity contribution in [3.63, 3.8) is 0 Å². The van der Waals surface area contributed by atoms with Gasteiger partial charge < -0.3 is 20.1 Å². The molecule has 1 aromatic carbocycles. The SMILES string of the molecule is CN=C(NCCCCSC)NCCN1CCc2cc(OC)c(OC)cc2C1. The second-order valence-electron chi connectivity index (χ2n) is 6.63. The van der Waals surface area contributed by atoms with E-state index in [0.29, 0.717) is 0 Å². The molecule has 1 aromatic rings. The Bertz CT molecular complexity index is 610. The number of nitrogens with zero attached hydrogens (tertiary/aromatic N) is 2. The van der Waals surface area contributed by atoms with E-state index in [2.05, 4.69) is 38.9 Å². The molecule has 1 aliphatic rings. The van der Waals surface area contributed by atoms with Crippen molar-refractivity contribution < 1.29 is 9.47 Å². The first-order valence-corrected chi connectivity index (χ1v) is 11.0. The van der Waals surface area contributed by atoms with Gasteiger partial charge in [0.05, 0.1) is 14.2 Å². The zero-order valence-electron chi connectivity index (χ0n) is 17.1. The minimum Gasteiger partial charge on any atom is -0.493 e. The topological polar surface area (TPSA) is 58.1 Å². The third kappa shape index (κ3) is 6.81. The quantitative estimate of drug-likeness (QED) is 0.361. The number of hydrogen-bond acceptors (Lipinski definition) is 5. The maximum atomic E-state index is 5.45. The van der Waals surface area contributed by atoms with Crippen LogP contribution in [0, 0.1) is 0 Å². The minimum atomic E-state index is 0.808. The van der Waals surface area contributed by atoms with Gasteiger partial charge in [-0.1, -0.05) is 0 Å². The molecule has 0 aliphatic carbocycles. The van der Waals surface area contributed by atoms with Crippen LogP contribution < -0.4 is 20.1 Å². The number of ether oxygens (including phenoxy) is 2. The largest absolute Gasteiger partial charge is 0.493 e. The smallest absolute Gasteiger partial charge is 0.191 e. The maximum absolute atomic E-state index is 5.45. The van der Waals surface area contributed by atoms with Crippen molar-refractivity contribution in [3.8, 4) is 11.5 Å². The summed E-state index contributed by atoms with van der Waals surface area (Å²) in [5, 5.41) is 6.81. The van der Waals surface area contributed by atoms with E-state index >= 15 is 0 Å². The highest BCUT2D eigenvalue weighted by Gasteiger charge is 2.19. The molecule has 0 amide bonds.